The third-order valence-corrected chi connectivity index (χ3v) is 8.91. The smallest absolute Gasteiger partial charge is 0.396 e. The van der Waals surface area contributed by atoms with Crippen LogP contribution >= 0.6 is 0 Å². The van der Waals surface area contributed by atoms with Gasteiger partial charge in [0.25, 0.3) is 0 Å². The first-order valence-corrected chi connectivity index (χ1v) is 14.0. The minimum atomic E-state index is -5.03. The van der Waals surface area contributed by atoms with Crippen LogP contribution in [-0.2, 0) is 17.1 Å². The maximum Gasteiger partial charge on any atom is 0.416 e. The molecule has 7 nitrogen and oxygen atoms in total. The molecule has 0 aliphatic carbocycles. The monoisotopic (exact) mass is 615 g/mol. The normalized spacial score (nSPS) is 21.1. The van der Waals surface area contributed by atoms with Gasteiger partial charge in [0.05, 0.1) is 34.7 Å². The summed E-state index contributed by atoms with van der Waals surface area (Å²) in [5, 5.41) is 19.5. The summed E-state index contributed by atoms with van der Waals surface area (Å²) in [6.07, 6.45) is -9.56. The number of piperazine rings is 1. The van der Waals surface area contributed by atoms with E-state index in [-0.39, 0.29) is 63.1 Å². The Balaban J connectivity index is 1.74. The highest BCUT2D eigenvalue weighted by Crippen LogP contribution is 2.49. The summed E-state index contributed by atoms with van der Waals surface area (Å²) >= 11 is 0. The molecule has 0 saturated carbocycles. The molecule has 3 unspecified atom stereocenters. The number of alkyl halides is 6. The van der Waals surface area contributed by atoms with Crippen molar-refractivity contribution in [3.8, 4) is 0 Å². The standard InChI is InChI=1S/C30H35F6N3O4/c1-18-6-4-5-7-23(18)25-24-17-28(8-12-40,9-13-41)26(42)38(24)10-11-39(25)27(43)37(3)19(2)20-14-21(29(31,32)33)16-22(15-20)30(34,35)36/h4-7,14-16,19,24-25,40-41H,8-13,17H2,1-3H3. The number of fused-ring (bicyclic) bond motifs is 1. The predicted octanol–water partition coefficient (Wildman–Crippen LogP) is 5.55. The molecule has 2 saturated heterocycles. The summed E-state index contributed by atoms with van der Waals surface area (Å²) in [6.45, 7) is 2.85. The molecule has 2 aliphatic rings. The third kappa shape index (κ3) is 6.19. The molecular formula is C30H35F6N3O4. The Morgan fingerprint density at radius 1 is 1.00 bits per heavy atom. The van der Waals surface area contributed by atoms with Crippen LogP contribution in [0.3, 0.4) is 0 Å². The molecule has 2 aromatic rings. The molecule has 3 amide bonds. The van der Waals surface area contributed by atoms with Crippen LogP contribution in [0.4, 0.5) is 31.1 Å². The second-order valence-corrected chi connectivity index (χ2v) is 11.4. The first kappa shape index (κ1) is 32.6. The van der Waals surface area contributed by atoms with Gasteiger partial charge in [-0.15, -0.1) is 0 Å². The molecule has 0 bridgehead atoms. The average molecular weight is 616 g/mol. The summed E-state index contributed by atoms with van der Waals surface area (Å²) in [4.78, 5) is 32.0. The number of nitrogens with zero attached hydrogens (tertiary/aromatic N) is 3. The molecule has 13 heteroatoms. The number of urea groups is 1. The van der Waals surface area contributed by atoms with Crippen molar-refractivity contribution in [2.75, 3.05) is 33.4 Å². The number of hydrogen-bond acceptors (Lipinski definition) is 4. The van der Waals surface area contributed by atoms with E-state index in [9.17, 15) is 46.1 Å². The quantitative estimate of drug-likeness (QED) is 0.400. The fraction of sp³-hybridized carbons (Fsp3) is 0.533. The summed E-state index contributed by atoms with van der Waals surface area (Å²) in [6, 6.07) is 5.53. The maximum absolute atomic E-state index is 14.1. The molecule has 2 aliphatic heterocycles. The number of aliphatic hydroxyl groups is 2. The zero-order valence-electron chi connectivity index (χ0n) is 24.0. The van der Waals surface area contributed by atoms with Crippen LogP contribution in [0.2, 0.25) is 0 Å². The zero-order valence-corrected chi connectivity index (χ0v) is 24.0. The van der Waals surface area contributed by atoms with Crippen LogP contribution in [0.15, 0.2) is 42.5 Å². The van der Waals surface area contributed by atoms with Gasteiger partial charge in [-0.2, -0.15) is 26.3 Å². The lowest BCUT2D eigenvalue weighted by atomic mass is 9.77. The molecule has 2 heterocycles. The van der Waals surface area contributed by atoms with E-state index in [0.29, 0.717) is 12.1 Å². The number of benzene rings is 2. The number of aryl methyl sites for hydroxylation is 1. The van der Waals surface area contributed by atoms with Crippen molar-refractivity contribution in [3.63, 3.8) is 0 Å². The number of amides is 3. The van der Waals surface area contributed by atoms with Crippen LogP contribution < -0.4 is 0 Å². The van der Waals surface area contributed by atoms with Crippen molar-refractivity contribution in [1.82, 2.24) is 14.7 Å². The van der Waals surface area contributed by atoms with Gasteiger partial charge in [-0.25, -0.2) is 4.79 Å². The maximum atomic E-state index is 14.1. The van der Waals surface area contributed by atoms with Gasteiger partial charge in [0.2, 0.25) is 5.91 Å². The second-order valence-electron chi connectivity index (χ2n) is 11.4. The van der Waals surface area contributed by atoms with Gasteiger partial charge in [0, 0.05) is 33.4 Å². The molecule has 2 N–H and O–H groups in total. The van der Waals surface area contributed by atoms with Gasteiger partial charge >= 0.3 is 18.4 Å². The summed E-state index contributed by atoms with van der Waals surface area (Å²) in [5.74, 6) is -0.225. The number of halogens is 6. The molecule has 2 aromatic carbocycles. The summed E-state index contributed by atoms with van der Waals surface area (Å²) in [7, 11) is 1.32. The van der Waals surface area contributed by atoms with E-state index in [1.54, 1.807) is 11.0 Å². The van der Waals surface area contributed by atoms with Gasteiger partial charge in [-0.05, 0) is 68.0 Å². The number of carbonyl (C=O) groups excluding carboxylic acids is 2. The first-order valence-electron chi connectivity index (χ1n) is 14.0. The van der Waals surface area contributed by atoms with Crippen LogP contribution in [0.1, 0.15) is 66.1 Å². The van der Waals surface area contributed by atoms with E-state index in [4.69, 9.17) is 0 Å². The van der Waals surface area contributed by atoms with Gasteiger partial charge in [-0.1, -0.05) is 24.3 Å². The number of aliphatic hydroxyl groups excluding tert-OH is 2. The molecule has 0 aromatic heterocycles. The molecule has 4 rings (SSSR count). The second kappa shape index (κ2) is 12.0. The van der Waals surface area contributed by atoms with Crippen molar-refractivity contribution >= 4 is 11.9 Å². The Bertz CT molecular complexity index is 1310. The van der Waals surface area contributed by atoms with E-state index in [1.807, 2.05) is 25.1 Å². The molecule has 2 fully saturated rings. The highest BCUT2D eigenvalue weighted by molar-refractivity contribution is 5.86. The molecule has 43 heavy (non-hydrogen) atoms. The SMILES string of the molecule is Cc1ccccc1C1C2CC(CCO)(CCO)C(=O)N2CCN1C(=O)N(C)C(C)c1cc(C(F)(F)F)cc(C(F)(F)F)c1. The van der Waals surface area contributed by atoms with Gasteiger partial charge in [-0.3, -0.25) is 4.79 Å². The first-order chi connectivity index (χ1) is 20.1. The molecule has 3 atom stereocenters. The fourth-order valence-corrected chi connectivity index (χ4v) is 6.46. The van der Waals surface area contributed by atoms with E-state index >= 15 is 0 Å². The largest absolute Gasteiger partial charge is 0.416 e. The van der Waals surface area contributed by atoms with Gasteiger partial charge in [0.15, 0.2) is 0 Å². The lowest BCUT2D eigenvalue weighted by Gasteiger charge is -2.47. The highest BCUT2D eigenvalue weighted by Gasteiger charge is 2.56. The lowest BCUT2D eigenvalue weighted by Crippen LogP contribution is -2.57. The lowest BCUT2D eigenvalue weighted by molar-refractivity contribution is -0.143. The summed E-state index contributed by atoms with van der Waals surface area (Å²) < 4.78 is 81.2. The van der Waals surface area contributed by atoms with Crippen LogP contribution in [0.25, 0.3) is 0 Å². The molecule has 0 radical (unpaired) electrons. The van der Waals surface area contributed by atoms with Crippen molar-refractivity contribution < 1.29 is 46.1 Å². The Labute approximate surface area is 245 Å². The Morgan fingerprint density at radius 3 is 2.07 bits per heavy atom. The number of rotatable bonds is 7. The van der Waals surface area contributed by atoms with Crippen LogP contribution in [0.5, 0.6) is 0 Å². The van der Waals surface area contributed by atoms with E-state index in [1.165, 1.54) is 18.9 Å². The molecule has 0 spiro atoms. The zero-order chi connectivity index (χ0) is 31.9. The Morgan fingerprint density at radius 2 is 1.56 bits per heavy atom. The minimum absolute atomic E-state index is 0.0492. The molecule has 236 valence electrons. The van der Waals surface area contributed by atoms with Crippen molar-refractivity contribution in [3.05, 3.63) is 70.3 Å². The number of hydrogen-bond donors (Lipinski definition) is 2. The van der Waals surface area contributed by atoms with E-state index < -0.39 is 53.1 Å². The third-order valence-electron chi connectivity index (χ3n) is 8.91. The Kier molecular flexibility index (Phi) is 9.09. The average Bonchev–Trinajstić information content (AvgIpc) is 3.21. The van der Waals surface area contributed by atoms with Crippen LogP contribution in [0, 0.1) is 12.3 Å². The fourth-order valence-electron chi connectivity index (χ4n) is 6.46. The van der Waals surface area contributed by atoms with Crippen molar-refractivity contribution in [1.29, 1.82) is 0 Å². The van der Waals surface area contributed by atoms with Crippen LogP contribution in [-0.4, -0.2) is 76.2 Å². The van der Waals surface area contributed by atoms with E-state index in [0.717, 1.165) is 16.0 Å². The Hall–Kier alpha value is -3.32. The van der Waals surface area contributed by atoms with Gasteiger partial charge < -0.3 is 24.9 Å². The molecular weight excluding hydrogens is 580 g/mol. The predicted molar refractivity (Wildman–Crippen MR) is 145 cm³/mol. The minimum Gasteiger partial charge on any atom is -0.396 e. The topological polar surface area (TPSA) is 84.3 Å². The van der Waals surface area contributed by atoms with Crippen molar-refractivity contribution in [2.24, 2.45) is 5.41 Å². The summed E-state index contributed by atoms with van der Waals surface area (Å²) in [5.41, 5.74) is -2.73. The van der Waals surface area contributed by atoms with Crippen molar-refractivity contribution in [2.45, 2.75) is 63.6 Å². The number of carbonyl (C=O) groups is 2. The highest BCUT2D eigenvalue weighted by atomic mass is 19.4. The van der Waals surface area contributed by atoms with Gasteiger partial charge in [0.1, 0.15) is 0 Å². The van der Waals surface area contributed by atoms with E-state index in [2.05, 4.69) is 0 Å².